The van der Waals surface area contributed by atoms with Crippen LogP contribution in [0.15, 0.2) is 54.6 Å². The van der Waals surface area contributed by atoms with E-state index in [1.54, 1.807) is 0 Å². The van der Waals surface area contributed by atoms with Crippen molar-refractivity contribution in [1.82, 2.24) is 14.8 Å². The highest BCUT2D eigenvalue weighted by molar-refractivity contribution is 5.81. The first kappa shape index (κ1) is 19.7. The van der Waals surface area contributed by atoms with Crippen LogP contribution < -0.4 is 5.32 Å². The summed E-state index contributed by atoms with van der Waals surface area (Å²) < 4.78 is 2.46. The first-order valence-electron chi connectivity index (χ1n) is 10.8. The number of benzene rings is 2. The Balaban J connectivity index is 1.52. The molecule has 152 valence electrons. The van der Waals surface area contributed by atoms with Crippen molar-refractivity contribution in [3.8, 4) is 0 Å². The summed E-state index contributed by atoms with van der Waals surface area (Å²) in [5, 5.41) is 4.28. The molecule has 1 aliphatic rings. The van der Waals surface area contributed by atoms with Crippen LogP contribution in [0.3, 0.4) is 0 Å². The van der Waals surface area contributed by atoms with Crippen LogP contribution in [0.2, 0.25) is 0 Å². The first-order valence-corrected chi connectivity index (χ1v) is 10.8. The second-order valence-electron chi connectivity index (χ2n) is 8.21. The molecule has 1 saturated heterocycles. The van der Waals surface area contributed by atoms with E-state index < -0.39 is 0 Å². The monoisotopic (exact) mass is 389 g/mol. The Bertz CT molecular complexity index is 983. The van der Waals surface area contributed by atoms with Crippen molar-refractivity contribution in [2.45, 2.75) is 39.8 Å². The summed E-state index contributed by atoms with van der Waals surface area (Å²) >= 11 is 0. The van der Waals surface area contributed by atoms with Crippen LogP contribution in [0.25, 0.3) is 10.9 Å². The molecular weight excluding hydrogens is 358 g/mol. The van der Waals surface area contributed by atoms with Gasteiger partial charge in [-0.1, -0.05) is 48.0 Å². The number of carbonyl (C=O) groups is 1. The zero-order valence-corrected chi connectivity index (χ0v) is 17.5. The maximum Gasteiger partial charge on any atom is 0.223 e. The fourth-order valence-electron chi connectivity index (χ4n) is 4.48. The first-order chi connectivity index (χ1) is 14.1. The van der Waals surface area contributed by atoms with Gasteiger partial charge in [-0.05, 0) is 62.9 Å². The number of rotatable bonds is 6. The SMILES string of the molecule is CCNC(=O)C1CCN(Cc2cc3ccccc3n2Cc2cccc(C)c2)CC1. The van der Waals surface area contributed by atoms with Gasteiger partial charge in [0.15, 0.2) is 0 Å². The molecule has 0 aliphatic carbocycles. The van der Waals surface area contributed by atoms with E-state index in [-0.39, 0.29) is 11.8 Å². The van der Waals surface area contributed by atoms with Gasteiger partial charge in [-0.3, -0.25) is 9.69 Å². The maximum absolute atomic E-state index is 12.1. The molecule has 2 aromatic carbocycles. The van der Waals surface area contributed by atoms with Crippen molar-refractivity contribution in [3.63, 3.8) is 0 Å². The molecule has 0 bridgehead atoms. The Kier molecular flexibility index (Phi) is 6.00. The second-order valence-corrected chi connectivity index (χ2v) is 8.21. The lowest BCUT2D eigenvalue weighted by atomic mass is 9.96. The van der Waals surface area contributed by atoms with Crippen molar-refractivity contribution < 1.29 is 4.79 Å². The number of hydrogen-bond donors (Lipinski definition) is 1. The van der Waals surface area contributed by atoms with Gasteiger partial charge in [0.1, 0.15) is 0 Å². The van der Waals surface area contributed by atoms with Gasteiger partial charge in [0.2, 0.25) is 5.91 Å². The molecule has 3 aromatic rings. The van der Waals surface area contributed by atoms with Crippen molar-refractivity contribution >= 4 is 16.8 Å². The zero-order chi connectivity index (χ0) is 20.2. The molecule has 29 heavy (non-hydrogen) atoms. The molecule has 4 rings (SSSR count). The van der Waals surface area contributed by atoms with Gasteiger partial charge in [-0.25, -0.2) is 0 Å². The fraction of sp³-hybridized carbons (Fsp3) is 0.400. The van der Waals surface area contributed by atoms with E-state index in [1.807, 2.05) is 6.92 Å². The van der Waals surface area contributed by atoms with Crippen molar-refractivity contribution in [3.05, 3.63) is 71.4 Å². The van der Waals surface area contributed by atoms with Gasteiger partial charge in [-0.15, -0.1) is 0 Å². The summed E-state index contributed by atoms with van der Waals surface area (Å²) in [6.45, 7) is 8.64. The minimum Gasteiger partial charge on any atom is -0.356 e. The van der Waals surface area contributed by atoms with Crippen LogP contribution in [-0.2, 0) is 17.9 Å². The Morgan fingerprint density at radius 2 is 1.83 bits per heavy atom. The second kappa shape index (κ2) is 8.83. The number of nitrogens with one attached hydrogen (secondary N) is 1. The van der Waals surface area contributed by atoms with Gasteiger partial charge in [-0.2, -0.15) is 0 Å². The molecule has 1 N–H and O–H groups in total. The largest absolute Gasteiger partial charge is 0.356 e. The molecule has 0 atom stereocenters. The van der Waals surface area contributed by atoms with E-state index in [0.29, 0.717) is 0 Å². The number of fused-ring (bicyclic) bond motifs is 1. The number of aromatic nitrogens is 1. The predicted molar refractivity (Wildman–Crippen MR) is 119 cm³/mol. The van der Waals surface area contributed by atoms with Gasteiger partial charge < -0.3 is 9.88 Å². The van der Waals surface area contributed by atoms with E-state index in [0.717, 1.165) is 45.6 Å². The third kappa shape index (κ3) is 4.54. The van der Waals surface area contributed by atoms with Gasteiger partial charge >= 0.3 is 0 Å². The lowest BCUT2D eigenvalue weighted by Gasteiger charge is -2.31. The minimum atomic E-state index is 0.171. The molecular formula is C25H31N3O. The smallest absolute Gasteiger partial charge is 0.223 e. The number of amides is 1. The topological polar surface area (TPSA) is 37.3 Å². The summed E-state index contributed by atoms with van der Waals surface area (Å²) in [5.41, 5.74) is 5.28. The molecule has 4 nitrogen and oxygen atoms in total. The number of likely N-dealkylation sites (tertiary alicyclic amines) is 1. The summed E-state index contributed by atoms with van der Waals surface area (Å²) in [4.78, 5) is 14.6. The lowest BCUT2D eigenvalue weighted by Crippen LogP contribution is -2.40. The Morgan fingerprint density at radius 3 is 2.59 bits per heavy atom. The van der Waals surface area contributed by atoms with E-state index >= 15 is 0 Å². The Labute approximate surface area is 173 Å². The van der Waals surface area contributed by atoms with Crippen molar-refractivity contribution in [1.29, 1.82) is 0 Å². The molecule has 0 unspecified atom stereocenters. The van der Waals surface area contributed by atoms with Crippen LogP contribution in [0.5, 0.6) is 0 Å². The van der Waals surface area contributed by atoms with E-state index in [9.17, 15) is 4.79 Å². The number of para-hydroxylation sites is 1. The van der Waals surface area contributed by atoms with Crippen LogP contribution >= 0.6 is 0 Å². The molecule has 1 aromatic heterocycles. The predicted octanol–water partition coefficient (Wildman–Crippen LogP) is 4.35. The summed E-state index contributed by atoms with van der Waals surface area (Å²) in [7, 11) is 0. The Hall–Kier alpha value is -2.59. The average molecular weight is 390 g/mol. The van der Waals surface area contributed by atoms with Crippen LogP contribution in [-0.4, -0.2) is 35.0 Å². The molecule has 0 saturated carbocycles. The molecule has 1 amide bonds. The van der Waals surface area contributed by atoms with Gasteiger partial charge in [0, 0.05) is 36.8 Å². The van der Waals surface area contributed by atoms with Crippen LogP contribution in [0.4, 0.5) is 0 Å². The van der Waals surface area contributed by atoms with E-state index in [4.69, 9.17) is 0 Å². The molecule has 1 fully saturated rings. The van der Waals surface area contributed by atoms with Crippen LogP contribution in [0, 0.1) is 12.8 Å². The molecule has 1 aliphatic heterocycles. The number of piperidine rings is 1. The normalized spacial score (nSPS) is 15.7. The highest BCUT2D eigenvalue weighted by Crippen LogP contribution is 2.25. The molecule has 4 heteroatoms. The average Bonchev–Trinajstić information content (AvgIpc) is 3.06. The zero-order valence-electron chi connectivity index (χ0n) is 17.5. The highest BCUT2D eigenvalue weighted by Gasteiger charge is 2.25. The Morgan fingerprint density at radius 1 is 1.03 bits per heavy atom. The summed E-state index contributed by atoms with van der Waals surface area (Å²) in [6, 6.07) is 19.8. The molecule has 2 heterocycles. The van der Waals surface area contributed by atoms with Gasteiger partial charge in [0.25, 0.3) is 0 Å². The number of nitrogens with zero attached hydrogens (tertiary/aromatic N) is 2. The summed E-state index contributed by atoms with van der Waals surface area (Å²) in [5.74, 6) is 0.394. The third-order valence-corrected chi connectivity index (χ3v) is 6.01. The highest BCUT2D eigenvalue weighted by atomic mass is 16.1. The van der Waals surface area contributed by atoms with Crippen molar-refractivity contribution in [2.75, 3.05) is 19.6 Å². The number of aryl methyl sites for hydroxylation is 1. The van der Waals surface area contributed by atoms with Gasteiger partial charge in [0.05, 0.1) is 0 Å². The third-order valence-electron chi connectivity index (χ3n) is 6.01. The maximum atomic E-state index is 12.1. The van der Waals surface area contributed by atoms with Crippen molar-refractivity contribution in [2.24, 2.45) is 5.92 Å². The number of carbonyl (C=O) groups excluding carboxylic acids is 1. The standard InChI is InChI=1S/C25H31N3O/c1-3-26-25(29)21-11-13-27(14-12-21)18-23-16-22-9-4-5-10-24(22)28(23)17-20-8-6-7-19(2)15-20/h4-10,15-16,21H,3,11-14,17-18H2,1-2H3,(H,26,29). The fourth-order valence-corrected chi connectivity index (χ4v) is 4.48. The van der Waals surface area contributed by atoms with Crippen LogP contribution in [0.1, 0.15) is 36.6 Å². The van der Waals surface area contributed by atoms with E-state index in [2.05, 4.69) is 76.3 Å². The van der Waals surface area contributed by atoms with E-state index in [1.165, 1.54) is 27.7 Å². The summed E-state index contributed by atoms with van der Waals surface area (Å²) in [6.07, 6.45) is 1.90. The lowest BCUT2D eigenvalue weighted by molar-refractivity contribution is -0.126. The molecule has 0 spiro atoms. The molecule has 0 radical (unpaired) electrons. The quantitative estimate of drug-likeness (QED) is 0.681. The minimum absolute atomic E-state index is 0.171. The number of hydrogen-bond acceptors (Lipinski definition) is 2.